The van der Waals surface area contributed by atoms with Crippen LogP contribution in [-0.2, 0) is 7.05 Å². The molecule has 0 bridgehead atoms. The van der Waals surface area contributed by atoms with Gasteiger partial charge in [0.25, 0.3) is 0 Å². The molecule has 0 aliphatic carbocycles. The number of methoxy groups -OCH3 is 1. The molecule has 0 unspecified atom stereocenters. The molecule has 0 saturated heterocycles. The lowest BCUT2D eigenvalue weighted by atomic mass is 10.1. The number of rotatable bonds is 2. The lowest BCUT2D eigenvalue weighted by molar-refractivity contribution is 0.393. The van der Waals surface area contributed by atoms with Crippen molar-refractivity contribution in [2.45, 2.75) is 13.8 Å². The maximum Gasteiger partial charge on any atom is 0.219 e. The van der Waals surface area contributed by atoms with E-state index < -0.39 is 0 Å². The van der Waals surface area contributed by atoms with Gasteiger partial charge in [-0.1, -0.05) is 0 Å². The quantitative estimate of drug-likeness (QED) is 0.766. The fourth-order valence-electron chi connectivity index (χ4n) is 1.74. The maximum absolute atomic E-state index is 5.18. The summed E-state index contributed by atoms with van der Waals surface area (Å²) in [6.07, 6.45) is 3.46. The Kier molecular flexibility index (Phi) is 2.60. The molecule has 0 N–H and O–H groups in total. The fraction of sp³-hybridized carbons (Fsp3) is 0.364. The lowest BCUT2D eigenvalue weighted by Crippen LogP contribution is -1.96. The minimum absolute atomic E-state index is 0.605. The molecule has 5 nitrogen and oxygen atoms in total. The summed E-state index contributed by atoms with van der Waals surface area (Å²) in [6.45, 7) is 3.91. The monoisotopic (exact) mass is 218 g/mol. The summed E-state index contributed by atoms with van der Waals surface area (Å²) >= 11 is 0. The minimum atomic E-state index is 0.605. The summed E-state index contributed by atoms with van der Waals surface area (Å²) in [5.41, 5.74) is 3.77. The van der Waals surface area contributed by atoms with Crippen molar-refractivity contribution >= 4 is 0 Å². The van der Waals surface area contributed by atoms with Crippen LogP contribution in [0.4, 0.5) is 0 Å². The molecule has 2 heterocycles. The first kappa shape index (κ1) is 10.6. The van der Waals surface area contributed by atoms with Crippen LogP contribution in [0.2, 0.25) is 0 Å². The van der Waals surface area contributed by atoms with E-state index >= 15 is 0 Å². The van der Waals surface area contributed by atoms with Gasteiger partial charge in [0.2, 0.25) is 5.88 Å². The molecule has 0 amide bonds. The summed E-state index contributed by atoms with van der Waals surface area (Å²) in [7, 11) is 3.50. The van der Waals surface area contributed by atoms with Crippen LogP contribution < -0.4 is 4.74 Å². The molecule has 0 spiro atoms. The van der Waals surface area contributed by atoms with E-state index in [-0.39, 0.29) is 0 Å². The maximum atomic E-state index is 5.18. The normalized spacial score (nSPS) is 10.5. The van der Waals surface area contributed by atoms with Gasteiger partial charge in [0, 0.05) is 24.4 Å². The van der Waals surface area contributed by atoms with Gasteiger partial charge >= 0.3 is 0 Å². The molecule has 16 heavy (non-hydrogen) atoms. The molecule has 0 saturated carbocycles. The van der Waals surface area contributed by atoms with Gasteiger partial charge in [-0.05, 0) is 13.8 Å². The third-order valence-corrected chi connectivity index (χ3v) is 2.50. The standard InChI is InChI=1S/C11H14N4O/c1-7-10(12-6-13-11(7)16-4)9-5-15(3)14-8(9)2/h5-6H,1-4H3. The van der Waals surface area contributed by atoms with Crippen molar-refractivity contribution in [3.8, 4) is 17.1 Å². The van der Waals surface area contributed by atoms with Gasteiger partial charge in [0.15, 0.2) is 0 Å². The minimum Gasteiger partial charge on any atom is -0.481 e. The lowest BCUT2D eigenvalue weighted by Gasteiger charge is -2.06. The highest BCUT2D eigenvalue weighted by Gasteiger charge is 2.13. The van der Waals surface area contributed by atoms with Crippen LogP contribution in [-0.4, -0.2) is 26.9 Å². The molecule has 0 aromatic carbocycles. The van der Waals surface area contributed by atoms with Gasteiger partial charge in [-0.15, -0.1) is 0 Å². The molecular weight excluding hydrogens is 204 g/mol. The van der Waals surface area contributed by atoms with E-state index in [1.54, 1.807) is 11.8 Å². The molecule has 84 valence electrons. The van der Waals surface area contributed by atoms with E-state index in [0.717, 1.165) is 22.5 Å². The molecule has 5 heteroatoms. The Labute approximate surface area is 94.1 Å². The van der Waals surface area contributed by atoms with Crippen LogP contribution in [0.5, 0.6) is 5.88 Å². The molecule has 2 rings (SSSR count). The van der Waals surface area contributed by atoms with Gasteiger partial charge in [-0.25, -0.2) is 9.97 Å². The predicted octanol–water partition coefficient (Wildman–Crippen LogP) is 1.50. The summed E-state index contributed by atoms with van der Waals surface area (Å²) in [5.74, 6) is 0.605. The molecule has 0 aliphatic heterocycles. The molecule has 0 radical (unpaired) electrons. The summed E-state index contributed by atoms with van der Waals surface area (Å²) in [5, 5.41) is 4.30. The van der Waals surface area contributed by atoms with Gasteiger partial charge in [-0.2, -0.15) is 5.10 Å². The van der Waals surface area contributed by atoms with E-state index in [9.17, 15) is 0 Å². The Hall–Kier alpha value is -1.91. The van der Waals surface area contributed by atoms with Crippen molar-refractivity contribution < 1.29 is 4.74 Å². The Morgan fingerprint density at radius 1 is 1.25 bits per heavy atom. The first-order chi connectivity index (χ1) is 7.63. The third-order valence-electron chi connectivity index (χ3n) is 2.50. The summed E-state index contributed by atoms with van der Waals surface area (Å²) in [6, 6.07) is 0. The first-order valence-corrected chi connectivity index (χ1v) is 4.99. The SMILES string of the molecule is COc1ncnc(-c2cn(C)nc2C)c1C. The second kappa shape index (κ2) is 3.92. The van der Waals surface area contributed by atoms with Gasteiger partial charge in [0.05, 0.1) is 18.5 Å². The van der Waals surface area contributed by atoms with E-state index in [4.69, 9.17) is 4.74 Å². The highest BCUT2D eigenvalue weighted by molar-refractivity contribution is 5.65. The van der Waals surface area contributed by atoms with Gasteiger partial charge < -0.3 is 4.74 Å². The Morgan fingerprint density at radius 3 is 2.56 bits per heavy atom. The summed E-state index contributed by atoms with van der Waals surface area (Å²) < 4.78 is 6.95. The van der Waals surface area contributed by atoms with Gasteiger partial charge in [-0.3, -0.25) is 4.68 Å². The zero-order valence-electron chi connectivity index (χ0n) is 9.85. The predicted molar refractivity (Wildman–Crippen MR) is 60.3 cm³/mol. The smallest absolute Gasteiger partial charge is 0.219 e. The third kappa shape index (κ3) is 1.64. The highest BCUT2D eigenvalue weighted by Crippen LogP contribution is 2.27. The number of aryl methyl sites for hydroxylation is 2. The summed E-state index contributed by atoms with van der Waals surface area (Å²) in [4.78, 5) is 8.35. The number of ether oxygens (including phenoxy) is 1. The van der Waals surface area contributed by atoms with Crippen molar-refractivity contribution in [2.24, 2.45) is 7.05 Å². The molecule has 0 fully saturated rings. The Balaban J connectivity index is 2.60. The zero-order chi connectivity index (χ0) is 11.7. The molecule has 2 aromatic rings. The van der Waals surface area contributed by atoms with E-state index in [2.05, 4.69) is 15.1 Å². The van der Waals surface area contributed by atoms with Crippen LogP contribution >= 0.6 is 0 Å². The Morgan fingerprint density at radius 2 is 2.00 bits per heavy atom. The van der Waals surface area contributed by atoms with Crippen LogP contribution in [0.3, 0.4) is 0 Å². The van der Waals surface area contributed by atoms with Crippen molar-refractivity contribution in [3.05, 3.63) is 23.8 Å². The average molecular weight is 218 g/mol. The second-order valence-corrected chi connectivity index (χ2v) is 3.66. The molecule has 2 aromatic heterocycles. The molecular formula is C11H14N4O. The van der Waals surface area contributed by atoms with Crippen molar-refractivity contribution in [2.75, 3.05) is 7.11 Å². The zero-order valence-corrected chi connectivity index (χ0v) is 9.85. The van der Waals surface area contributed by atoms with Crippen LogP contribution in [0.1, 0.15) is 11.3 Å². The first-order valence-electron chi connectivity index (χ1n) is 4.99. The number of hydrogen-bond acceptors (Lipinski definition) is 4. The van der Waals surface area contributed by atoms with Crippen LogP contribution in [0, 0.1) is 13.8 Å². The van der Waals surface area contributed by atoms with Crippen LogP contribution in [0.25, 0.3) is 11.3 Å². The van der Waals surface area contributed by atoms with E-state index in [1.165, 1.54) is 6.33 Å². The van der Waals surface area contributed by atoms with Crippen LogP contribution in [0.15, 0.2) is 12.5 Å². The van der Waals surface area contributed by atoms with Gasteiger partial charge in [0.1, 0.15) is 6.33 Å². The van der Waals surface area contributed by atoms with E-state index in [0.29, 0.717) is 5.88 Å². The van der Waals surface area contributed by atoms with Crippen molar-refractivity contribution in [1.29, 1.82) is 0 Å². The Bertz CT molecular complexity index is 519. The van der Waals surface area contributed by atoms with E-state index in [1.807, 2.05) is 27.1 Å². The highest BCUT2D eigenvalue weighted by atomic mass is 16.5. The number of aromatic nitrogens is 4. The number of nitrogens with zero attached hydrogens (tertiary/aromatic N) is 4. The largest absolute Gasteiger partial charge is 0.481 e. The number of hydrogen-bond donors (Lipinski definition) is 0. The topological polar surface area (TPSA) is 52.8 Å². The molecule has 0 aliphatic rings. The van der Waals surface area contributed by atoms with Crippen molar-refractivity contribution in [1.82, 2.24) is 19.7 Å². The second-order valence-electron chi connectivity index (χ2n) is 3.66. The van der Waals surface area contributed by atoms with Crippen molar-refractivity contribution in [3.63, 3.8) is 0 Å². The average Bonchev–Trinajstić information content (AvgIpc) is 2.58. The fourth-order valence-corrected chi connectivity index (χ4v) is 1.74. The molecule has 0 atom stereocenters.